The molecule has 5 nitrogen and oxygen atoms in total. The van der Waals surface area contributed by atoms with Crippen molar-refractivity contribution in [1.29, 1.82) is 0 Å². The SMILES string of the molecule is CC(C)n1c([C@H](C)N[C@H](C)C(=O)Nc2ccc(F)c(F)c2)nc2ccccc21. The molecule has 0 unspecified atom stereocenters. The second kappa shape index (κ2) is 8.06. The second-order valence-electron chi connectivity index (χ2n) is 7.15. The van der Waals surface area contributed by atoms with Crippen LogP contribution >= 0.6 is 0 Å². The summed E-state index contributed by atoms with van der Waals surface area (Å²) < 4.78 is 28.5. The summed E-state index contributed by atoms with van der Waals surface area (Å²) in [6.07, 6.45) is 0. The molecule has 28 heavy (non-hydrogen) atoms. The smallest absolute Gasteiger partial charge is 0.241 e. The van der Waals surface area contributed by atoms with Crippen LogP contribution < -0.4 is 10.6 Å². The fraction of sp³-hybridized carbons (Fsp3) is 0.333. The normalized spacial score (nSPS) is 13.7. The Kier molecular flexibility index (Phi) is 5.74. The molecule has 3 rings (SSSR count). The number of nitrogens with one attached hydrogen (secondary N) is 2. The van der Waals surface area contributed by atoms with Gasteiger partial charge in [-0.05, 0) is 52.0 Å². The van der Waals surface area contributed by atoms with Crippen molar-refractivity contribution >= 4 is 22.6 Å². The lowest BCUT2D eigenvalue weighted by Gasteiger charge is -2.22. The molecule has 0 aliphatic carbocycles. The first-order valence-corrected chi connectivity index (χ1v) is 9.26. The molecular weight excluding hydrogens is 362 g/mol. The zero-order valence-corrected chi connectivity index (χ0v) is 16.3. The molecule has 0 aliphatic heterocycles. The maximum Gasteiger partial charge on any atom is 0.241 e. The minimum Gasteiger partial charge on any atom is -0.325 e. The molecule has 7 heteroatoms. The molecule has 148 valence electrons. The van der Waals surface area contributed by atoms with Crippen LogP contribution in [0.5, 0.6) is 0 Å². The van der Waals surface area contributed by atoms with Crippen LogP contribution in [0.4, 0.5) is 14.5 Å². The van der Waals surface area contributed by atoms with Crippen LogP contribution in [0.2, 0.25) is 0 Å². The molecule has 2 N–H and O–H groups in total. The topological polar surface area (TPSA) is 59.0 Å². The lowest BCUT2D eigenvalue weighted by Crippen LogP contribution is -2.40. The minimum atomic E-state index is -1.00. The van der Waals surface area contributed by atoms with Gasteiger partial charge in [-0.25, -0.2) is 13.8 Å². The number of fused-ring (bicyclic) bond motifs is 1. The molecule has 0 saturated carbocycles. The van der Waals surface area contributed by atoms with E-state index in [0.29, 0.717) is 0 Å². The van der Waals surface area contributed by atoms with E-state index in [4.69, 9.17) is 4.98 Å². The first kappa shape index (κ1) is 19.9. The number of halogens is 2. The van der Waals surface area contributed by atoms with Crippen LogP contribution in [-0.4, -0.2) is 21.5 Å². The van der Waals surface area contributed by atoms with Crippen molar-refractivity contribution < 1.29 is 13.6 Å². The highest BCUT2D eigenvalue weighted by atomic mass is 19.2. The molecule has 0 spiro atoms. The van der Waals surface area contributed by atoms with Crippen LogP contribution in [0.15, 0.2) is 42.5 Å². The maximum absolute atomic E-state index is 13.3. The number of carbonyl (C=O) groups is 1. The Morgan fingerprint density at radius 1 is 1.04 bits per heavy atom. The number of imidazole rings is 1. The molecule has 0 radical (unpaired) electrons. The third-order valence-electron chi connectivity index (χ3n) is 4.61. The van der Waals surface area contributed by atoms with Crippen molar-refractivity contribution in [3.63, 3.8) is 0 Å². The van der Waals surface area contributed by atoms with E-state index < -0.39 is 17.7 Å². The van der Waals surface area contributed by atoms with Crippen molar-refractivity contribution in [3.8, 4) is 0 Å². The second-order valence-corrected chi connectivity index (χ2v) is 7.15. The number of nitrogens with zero attached hydrogens (tertiary/aromatic N) is 2. The third kappa shape index (κ3) is 4.04. The van der Waals surface area contributed by atoms with E-state index in [9.17, 15) is 13.6 Å². The van der Waals surface area contributed by atoms with E-state index in [1.54, 1.807) is 6.92 Å². The summed E-state index contributed by atoms with van der Waals surface area (Å²) in [5.41, 5.74) is 2.15. The summed E-state index contributed by atoms with van der Waals surface area (Å²) in [4.78, 5) is 17.2. The van der Waals surface area contributed by atoms with Crippen molar-refractivity contribution in [1.82, 2.24) is 14.9 Å². The Hall–Kier alpha value is -2.80. The standard InChI is InChI=1S/C21H24F2N4O/c1-12(2)27-19-8-6-5-7-18(19)26-20(27)13(3)24-14(4)21(28)25-15-9-10-16(22)17(23)11-15/h5-14,24H,1-4H3,(H,25,28)/t13-,14+/m0/s1. The molecule has 1 aromatic heterocycles. The molecule has 0 aliphatic rings. The Balaban J connectivity index is 1.75. The molecule has 2 aromatic carbocycles. The van der Waals surface area contributed by atoms with Crippen molar-refractivity contribution in [2.75, 3.05) is 5.32 Å². The zero-order chi connectivity index (χ0) is 20.4. The van der Waals surface area contributed by atoms with Gasteiger partial charge in [-0.3, -0.25) is 10.1 Å². The molecule has 1 heterocycles. The van der Waals surface area contributed by atoms with Crippen molar-refractivity contribution in [3.05, 3.63) is 59.9 Å². The predicted molar refractivity (Wildman–Crippen MR) is 106 cm³/mol. The summed E-state index contributed by atoms with van der Waals surface area (Å²) in [6.45, 7) is 7.84. The number of amides is 1. The van der Waals surface area contributed by atoms with Crippen LogP contribution in [0.3, 0.4) is 0 Å². The van der Waals surface area contributed by atoms with Gasteiger partial charge < -0.3 is 9.88 Å². The predicted octanol–water partition coefficient (Wildman–Crippen LogP) is 4.57. The van der Waals surface area contributed by atoms with E-state index in [1.807, 2.05) is 31.2 Å². The quantitative estimate of drug-likeness (QED) is 0.652. The van der Waals surface area contributed by atoms with Crippen LogP contribution in [0.25, 0.3) is 11.0 Å². The minimum absolute atomic E-state index is 0.194. The van der Waals surface area contributed by atoms with Gasteiger partial charge >= 0.3 is 0 Å². The fourth-order valence-electron chi connectivity index (χ4n) is 3.26. The number of aromatic nitrogens is 2. The fourth-order valence-corrected chi connectivity index (χ4v) is 3.26. The van der Waals surface area contributed by atoms with Gasteiger partial charge in [0.15, 0.2) is 11.6 Å². The van der Waals surface area contributed by atoms with Gasteiger partial charge in [-0.15, -0.1) is 0 Å². The van der Waals surface area contributed by atoms with Crippen LogP contribution in [-0.2, 0) is 4.79 Å². The van der Waals surface area contributed by atoms with E-state index in [1.165, 1.54) is 6.07 Å². The number of anilines is 1. The molecule has 3 aromatic rings. The summed E-state index contributed by atoms with van der Waals surface area (Å²) >= 11 is 0. The number of hydrogen-bond donors (Lipinski definition) is 2. The Morgan fingerprint density at radius 2 is 1.75 bits per heavy atom. The van der Waals surface area contributed by atoms with E-state index in [0.717, 1.165) is 29.0 Å². The van der Waals surface area contributed by atoms with Crippen molar-refractivity contribution in [2.45, 2.75) is 45.8 Å². The summed E-state index contributed by atoms with van der Waals surface area (Å²) in [6, 6.07) is 10.6. The lowest BCUT2D eigenvalue weighted by molar-refractivity contribution is -0.118. The van der Waals surface area contributed by atoms with E-state index >= 15 is 0 Å². The molecule has 0 bridgehead atoms. The number of rotatable bonds is 6. The zero-order valence-electron chi connectivity index (χ0n) is 16.3. The van der Waals surface area contributed by atoms with Gasteiger partial charge in [0.05, 0.1) is 23.1 Å². The van der Waals surface area contributed by atoms with Crippen LogP contribution in [0.1, 0.15) is 45.6 Å². The first-order valence-electron chi connectivity index (χ1n) is 9.26. The number of benzene rings is 2. The average molecular weight is 386 g/mol. The number of hydrogen-bond acceptors (Lipinski definition) is 3. The summed E-state index contributed by atoms with van der Waals surface area (Å²) in [7, 11) is 0. The molecule has 2 atom stereocenters. The van der Waals surface area contributed by atoms with E-state index in [-0.39, 0.29) is 23.7 Å². The van der Waals surface area contributed by atoms with Gasteiger partial charge in [0, 0.05) is 17.8 Å². The van der Waals surface area contributed by atoms with E-state index in [2.05, 4.69) is 29.0 Å². The van der Waals surface area contributed by atoms with Gasteiger partial charge in [0.2, 0.25) is 5.91 Å². The highest BCUT2D eigenvalue weighted by Crippen LogP contribution is 2.25. The number of carbonyl (C=O) groups excluding carboxylic acids is 1. The lowest BCUT2D eigenvalue weighted by atomic mass is 10.2. The van der Waals surface area contributed by atoms with Gasteiger partial charge in [0.1, 0.15) is 5.82 Å². The Bertz CT molecular complexity index is 999. The number of para-hydroxylation sites is 2. The van der Waals surface area contributed by atoms with Gasteiger partial charge in [0.25, 0.3) is 0 Å². The maximum atomic E-state index is 13.3. The van der Waals surface area contributed by atoms with Gasteiger partial charge in [-0.1, -0.05) is 12.1 Å². The monoisotopic (exact) mass is 386 g/mol. The highest BCUT2D eigenvalue weighted by Gasteiger charge is 2.22. The highest BCUT2D eigenvalue weighted by molar-refractivity contribution is 5.94. The summed E-state index contributed by atoms with van der Waals surface area (Å²) in [5.74, 6) is -1.46. The third-order valence-corrected chi connectivity index (χ3v) is 4.61. The first-order chi connectivity index (χ1) is 13.3. The summed E-state index contributed by atoms with van der Waals surface area (Å²) in [5, 5.41) is 5.83. The molecule has 0 fully saturated rings. The average Bonchev–Trinajstić information content (AvgIpc) is 3.04. The van der Waals surface area contributed by atoms with Crippen molar-refractivity contribution in [2.24, 2.45) is 0 Å². The van der Waals surface area contributed by atoms with Gasteiger partial charge in [-0.2, -0.15) is 0 Å². The molecular formula is C21H24F2N4O. The Labute approximate surface area is 162 Å². The van der Waals surface area contributed by atoms with Crippen LogP contribution in [0, 0.1) is 11.6 Å². The Morgan fingerprint density at radius 3 is 2.43 bits per heavy atom. The largest absolute Gasteiger partial charge is 0.325 e. The molecule has 0 saturated heterocycles. The molecule has 1 amide bonds.